The van der Waals surface area contributed by atoms with Crippen LogP contribution in [0, 0.1) is 0 Å². The van der Waals surface area contributed by atoms with Crippen LogP contribution < -0.4 is 11.0 Å². The van der Waals surface area contributed by atoms with Crippen LogP contribution in [0.5, 0.6) is 0 Å². The maximum Gasteiger partial charge on any atom is 0.330 e. The maximum absolute atomic E-state index is 16.4. The first-order valence-electron chi connectivity index (χ1n) is 11.8. The lowest BCUT2D eigenvalue weighted by molar-refractivity contribution is -0.139. The zero-order valence-electron chi connectivity index (χ0n) is 20.2. The Morgan fingerprint density at radius 2 is 1.97 bits per heavy atom. The number of carbonyl (C=O) groups is 3. The van der Waals surface area contributed by atoms with Crippen molar-refractivity contribution in [1.82, 2.24) is 19.4 Å². The Hall–Kier alpha value is -3.27. The number of benzene rings is 1. The minimum absolute atomic E-state index is 0.0778. The number of piperidine rings is 2. The highest BCUT2D eigenvalue weighted by molar-refractivity contribution is 6.00. The highest BCUT2D eigenvalue weighted by Gasteiger charge is 2.46. The third kappa shape index (κ3) is 4.31. The van der Waals surface area contributed by atoms with Crippen LogP contribution in [0.25, 0.3) is 11.0 Å². The van der Waals surface area contributed by atoms with Crippen LogP contribution in [0.2, 0.25) is 0 Å². The number of amides is 2. The lowest BCUT2D eigenvalue weighted by Crippen LogP contribution is -2.51. The molecule has 3 atom stereocenters. The van der Waals surface area contributed by atoms with E-state index in [-0.39, 0.29) is 43.6 Å². The zero-order valence-corrected chi connectivity index (χ0v) is 20.2. The molecular weight excluding hydrogens is 455 g/mol. The lowest BCUT2D eigenvalue weighted by atomic mass is 9.74. The van der Waals surface area contributed by atoms with Crippen molar-refractivity contribution in [1.29, 1.82) is 0 Å². The number of halogens is 1. The fourth-order valence-electron chi connectivity index (χ4n) is 5.45. The summed E-state index contributed by atoms with van der Waals surface area (Å²) >= 11 is 0. The van der Waals surface area contributed by atoms with Gasteiger partial charge in [0.05, 0.1) is 17.6 Å². The van der Waals surface area contributed by atoms with Crippen molar-refractivity contribution < 1.29 is 23.9 Å². The molecule has 0 saturated carbocycles. The Bertz CT molecular complexity index is 1280. The topological polar surface area (TPSA) is 114 Å². The van der Waals surface area contributed by atoms with Gasteiger partial charge in [-0.15, -0.1) is 0 Å². The van der Waals surface area contributed by atoms with Gasteiger partial charge in [0.15, 0.2) is 5.67 Å². The van der Waals surface area contributed by atoms with Gasteiger partial charge in [-0.1, -0.05) is 12.6 Å². The number of alkyl halides is 1. The van der Waals surface area contributed by atoms with Gasteiger partial charge in [-0.05, 0) is 63.4 Å². The van der Waals surface area contributed by atoms with Crippen LogP contribution >= 0.6 is 0 Å². The maximum atomic E-state index is 16.4. The Morgan fingerprint density at radius 3 is 2.57 bits per heavy atom. The van der Waals surface area contributed by atoms with Crippen molar-refractivity contribution in [3.05, 3.63) is 46.4 Å². The molecule has 2 amide bonds. The lowest BCUT2D eigenvalue weighted by Gasteiger charge is -2.43. The fourth-order valence-corrected chi connectivity index (χ4v) is 5.45. The number of nitrogens with zero attached hydrogens (tertiary/aromatic N) is 3. The molecule has 0 bridgehead atoms. The number of rotatable bonds is 6. The summed E-state index contributed by atoms with van der Waals surface area (Å²) in [6, 6.07) is 4.28. The van der Waals surface area contributed by atoms with E-state index >= 15 is 4.39 Å². The van der Waals surface area contributed by atoms with Crippen LogP contribution in [0.1, 0.15) is 63.6 Å². The molecule has 1 aromatic carbocycles. The minimum atomic E-state index is -1.84. The van der Waals surface area contributed by atoms with Crippen LogP contribution in [-0.2, 0) is 14.4 Å². The van der Waals surface area contributed by atoms with E-state index < -0.39 is 29.5 Å². The van der Waals surface area contributed by atoms with Gasteiger partial charge in [-0.3, -0.25) is 33.7 Å². The summed E-state index contributed by atoms with van der Waals surface area (Å²) in [5.41, 5.74) is -0.0530. The number of imide groups is 1. The number of carboxylic acid groups (broad SMARTS) is 1. The SMILES string of the molecule is C=C(C)C1(F)CN(CC(=O)O)CCC1c1ccc2c(c1)n(C(C)C)c(=O)n2C1CCC(=O)NC1=O. The summed E-state index contributed by atoms with van der Waals surface area (Å²) in [5, 5.41) is 11.5. The first kappa shape index (κ1) is 24.8. The van der Waals surface area contributed by atoms with Crippen molar-refractivity contribution in [2.45, 2.75) is 63.7 Å². The van der Waals surface area contributed by atoms with Crippen molar-refractivity contribution in [3.8, 4) is 0 Å². The Morgan fingerprint density at radius 1 is 1.26 bits per heavy atom. The largest absolute Gasteiger partial charge is 0.480 e. The molecule has 2 aliphatic rings. The van der Waals surface area contributed by atoms with Gasteiger partial charge in [0.1, 0.15) is 6.04 Å². The molecule has 0 radical (unpaired) electrons. The monoisotopic (exact) mass is 486 g/mol. The molecule has 3 unspecified atom stereocenters. The Balaban J connectivity index is 1.81. The third-order valence-electron chi connectivity index (χ3n) is 7.18. The van der Waals surface area contributed by atoms with Crippen molar-refractivity contribution in [2.24, 2.45) is 0 Å². The predicted molar refractivity (Wildman–Crippen MR) is 128 cm³/mol. The van der Waals surface area contributed by atoms with E-state index in [1.54, 1.807) is 34.6 Å². The van der Waals surface area contributed by atoms with Crippen molar-refractivity contribution in [3.63, 3.8) is 0 Å². The molecule has 10 heteroatoms. The molecule has 9 nitrogen and oxygen atoms in total. The van der Waals surface area contributed by atoms with Gasteiger partial charge in [-0.25, -0.2) is 9.18 Å². The van der Waals surface area contributed by atoms with Crippen LogP contribution in [0.4, 0.5) is 4.39 Å². The summed E-state index contributed by atoms with van der Waals surface area (Å²) in [4.78, 5) is 50.4. The molecular formula is C25H31FN4O5. The highest BCUT2D eigenvalue weighted by Crippen LogP contribution is 2.44. The molecule has 0 spiro atoms. The van der Waals surface area contributed by atoms with Gasteiger partial charge >= 0.3 is 11.7 Å². The molecule has 2 fully saturated rings. The smallest absolute Gasteiger partial charge is 0.330 e. The highest BCUT2D eigenvalue weighted by atomic mass is 19.1. The number of nitrogens with one attached hydrogen (secondary N) is 1. The first-order chi connectivity index (χ1) is 16.4. The van der Waals surface area contributed by atoms with Gasteiger partial charge < -0.3 is 5.11 Å². The first-order valence-corrected chi connectivity index (χ1v) is 11.8. The summed E-state index contributed by atoms with van der Waals surface area (Å²) in [6.07, 6.45) is 0.768. The van der Waals surface area contributed by atoms with E-state index in [1.165, 1.54) is 4.57 Å². The number of hydrogen-bond acceptors (Lipinski definition) is 5. The number of fused-ring (bicyclic) bond motifs is 1. The van der Waals surface area contributed by atoms with E-state index in [1.807, 2.05) is 13.8 Å². The summed E-state index contributed by atoms with van der Waals surface area (Å²) in [6.45, 7) is 9.29. The van der Waals surface area contributed by atoms with Crippen molar-refractivity contribution >= 4 is 28.8 Å². The number of aliphatic carboxylic acids is 1. The van der Waals surface area contributed by atoms with Crippen molar-refractivity contribution in [2.75, 3.05) is 19.6 Å². The third-order valence-corrected chi connectivity index (χ3v) is 7.18. The summed E-state index contributed by atoms with van der Waals surface area (Å²) in [5.74, 6) is -2.44. The second-order valence-corrected chi connectivity index (χ2v) is 9.92. The standard InChI is InChI=1S/C25H31FN4O5/c1-14(2)25(26)13-28(12-22(32)33)10-9-17(25)16-5-6-18-20(11-16)29(15(3)4)24(35)30(18)19-7-8-21(31)27-23(19)34/h5-6,11,15,17,19H,1,7-10,12-13H2,2-4H3,(H,32,33)(H,27,31,34). The number of aromatic nitrogens is 2. The van der Waals surface area contributed by atoms with Gasteiger partial charge in [-0.2, -0.15) is 0 Å². The Labute approximate surface area is 202 Å². The Kier molecular flexibility index (Phi) is 6.44. The predicted octanol–water partition coefficient (Wildman–Crippen LogP) is 2.52. The fraction of sp³-hybridized carbons (Fsp3) is 0.520. The number of imidazole rings is 1. The van der Waals surface area contributed by atoms with E-state index in [2.05, 4.69) is 11.9 Å². The summed E-state index contributed by atoms with van der Waals surface area (Å²) < 4.78 is 19.4. The van der Waals surface area contributed by atoms with Gasteiger partial charge in [0.25, 0.3) is 0 Å². The molecule has 0 aliphatic carbocycles. The number of carboxylic acids is 1. The molecule has 35 heavy (non-hydrogen) atoms. The minimum Gasteiger partial charge on any atom is -0.480 e. The quantitative estimate of drug-likeness (QED) is 0.479. The molecule has 1 aromatic heterocycles. The molecule has 4 rings (SSSR count). The molecule has 188 valence electrons. The molecule has 2 saturated heterocycles. The number of carbonyl (C=O) groups excluding carboxylic acids is 2. The molecule has 2 aromatic rings. The molecule has 3 heterocycles. The zero-order chi connectivity index (χ0) is 25.7. The summed E-state index contributed by atoms with van der Waals surface area (Å²) in [7, 11) is 0. The van der Waals surface area contributed by atoms with E-state index in [0.717, 1.165) is 0 Å². The number of hydrogen-bond donors (Lipinski definition) is 2. The second-order valence-electron chi connectivity index (χ2n) is 9.92. The van der Waals surface area contributed by atoms with E-state index in [9.17, 15) is 19.2 Å². The normalized spacial score (nSPS) is 25.7. The van der Waals surface area contributed by atoms with Crippen LogP contribution in [0.15, 0.2) is 35.1 Å². The number of likely N-dealkylation sites (tertiary alicyclic amines) is 1. The van der Waals surface area contributed by atoms with Gasteiger partial charge in [0.2, 0.25) is 11.8 Å². The van der Waals surface area contributed by atoms with Gasteiger partial charge in [0, 0.05) is 24.9 Å². The van der Waals surface area contributed by atoms with E-state index in [0.29, 0.717) is 35.1 Å². The van der Waals surface area contributed by atoms with Crippen LogP contribution in [-0.4, -0.2) is 62.2 Å². The van der Waals surface area contributed by atoms with Crippen LogP contribution in [0.3, 0.4) is 0 Å². The second kappa shape index (κ2) is 9.07. The average molecular weight is 487 g/mol. The van der Waals surface area contributed by atoms with E-state index in [4.69, 9.17) is 5.11 Å². The molecule has 2 N–H and O–H groups in total. The average Bonchev–Trinajstić information content (AvgIpc) is 3.04. The molecule has 2 aliphatic heterocycles.